The summed E-state index contributed by atoms with van der Waals surface area (Å²) in [6, 6.07) is 0. The van der Waals surface area contributed by atoms with Crippen LogP contribution in [0.5, 0.6) is 0 Å². The van der Waals surface area contributed by atoms with Crippen molar-refractivity contribution in [3.8, 4) is 0 Å². The number of hydrogen-bond donors (Lipinski definition) is 2. The van der Waals surface area contributed by atoms with Crippen molar-refractivity contribution in [2.75, 3.05) is 6.54 Å². The SMILES string of the molecule is CCCC1O[C@@H]2C[C@H]3[C@@H]4C[C@H](F)C5=CC(=O)C=C[C@]5(C)[C@@]4(F)[C@@H](O)C[C@]3(C)[C@]2(C(=O)CN=N)O1. The molecule has 9 heteroatoms. The fourth-order valence-corrected chi connectivity index (χ4v) is 8.08. The molecule has 2 N–H and O–H groups in total. The third-order valence-electron chi connectivity index (χ3n) is 9.58. The highest BCUT2D eigenvalue weighted by Gasteiger charge is 2.79. The topological polar surface area (TPSA) is 109 Å². The van der Waals surface area contributed by atoms with Crippen molar-refractivity contribution in [1.82, 2.24) is 0 Å². The van der Waals surface area contributed by atoms with Gasteiger partial charge in [-0.1, -0.05) is 26.3 Å². The minimum atomic E-state index is -2.23. The Hall–Kier alpha value is -1.84. The van der Waals surface area contributed by atoms with Gasteiger partial charge in [-0.3, -0.25) is 9.59 Å². The summed E-state index contributed by atoms with van der Waals surface area (Å²) in [7, 11) is 0. The number of halogens is 2. The summed E-state index contributed by atoms with van der Waals surface area (Å²) in [6.07, 6.45) is 0.764. The molecule has 3 saturated carbocycles. The van der Waals surface area contributed by atoms with E-state index < -0.39 is 76.7 Å². The van der Waals surface area contributed by atoms with Crippen molar-refractivity contribution in [2.24, 2.45) is 27.8 Å². The zero-order chi connectivity index (χ0) is 24.7. The molecule has 0 aromatic rings. The highest BCUT2D eigenvalue weighted by Crippen LogP contribution is 2.72. The number of alkyl halides is 2. The predicted molar refractivity (Wildman–Crippen MR) is 116 cm³/mol. The van der Waals surface area contributed by atoms with Crippen molar-refractivity contribution in [3.63, 3.8) is 0 Å². The van der Waals surface area contributed by atoms with Crippen LogP contribution >= 0.6 is 0 Å². The van der Waals surface area contributed by atoms with Crippen LogP contribution in [0.15, 0.2) is 28.9 Å². The lowest BCUT2D eigenvalue weighted by atomic mass is 9.44. The van der Waals surface area contributed by atoms with Gasteiger partial charge >= 0.3 is 0 Å². The smallest absolute Gasteiger partial charge is 0.191 e. The van der Waals surface area contributed by atoms with E-state index in [1.54, 1.807) is 13.8 Å². The summed E-state index contributed by atoms with van der Waals surface area (Å²) in [6.45, 7) is 4.93. The van der Waals surface area contributed by atoms with E-state index in [-0.39, 0.29) is 24.8 Å². The van der Waals surface area contributed by atoms with E-state index in [1.165, 1.54) is 12.2 Å². The Bertz CT molecular complexity index is 1000. The molecule has 5 rings (SSSR count). The normalized spacial score (nSPS) is 51.2. The molecule has 0 aromatic carbocycles. The average molecular weight is 479 g/mol. The first-order valence-corrected chi connectivity index (χ1v) is 12.2. The van der Waals surface area contributed by atoms with Gasteiger partial charge in [0.1, 0.15) is 12.7 Å². The summed E-state index contributed by atoms with van der Waals surface area (Å²) in [4.78, 5) is 25.4. The third-order valence-corrected chi connectivity index (χ3v) is 9.58. The Morgan fingerprint density at radius 1 is 1.32 bits per heavy atom. The van der Waals surface area contributed by atoms with E-state index in [2.05, 4.69) is 5.11 Å². The Balaban J connectivity index is 1.62. The van der Waals surface area contributed by atoms with Crippen LogP contribution in [0.4, 0.5) is 8.78 Å². The molecule has 186 valence electrons. The summed E-state index contributed by atoms with van der Waals surface area (Å²) in [5.74, 6) is -2.24. The van der Waals surface area contributed by atoms with Crippen LogP contribution in [-0.4, -0.2) is 59.2 Å². The molecule has 4 aliphatic carbocycles. The molecule has 1 saturated heterocycles. The maximum Gasteiger partial charge on any atom is 0.191 e. The number of nitrogens with one attached hydrogen (secondary N) is 1. The molecule has 5 aliphatic rings. The fourth-order valence-electron chi connectivity index (χ4n) is 8.08. The van der Waals surface area contributed by atoms with Gasteiger partial charge in [0, 0.05) is 16.7 Å². The van der Waals surface area contributed by atoms with Crippen LogP contribution in [0.25, 0.3) is 0 Å². The van der Waals surface area contributed by atoms with Crippen LogP contribution in [0.1, 0.15) is 52.9 Å². The summed E-state index contributed by atoms with van der Waals surface area (Å²) in [5, 5.41) is 14.7. The maximum atomic E-state index is 17.3. The Kier molecular flexibility index (Phi) is 5.32. The Labute approximate surface area is 197 Å². The molecule has 1 aliphatic heterocycles. The van der Waals surface area contributed by atoms with E-state index >= 15 is 8.78 Å². The second-order valence-electron chi connectivity index (χ2n) is 11.0. The quantitative estimate of drug-likeness (QED) is 0.585. The van der Waals surface area contributed by atoms with Crippen LogP contribution in [-0.2, 0) is 19.1 Å². The molecule has 0 spiro atoms. The summed E-state index contributed by atoms with van der Waals surface area (Å²) in [5.41, 5.74) is 1.10. The lowest BCUT2D eigenvalue weighted by Gasteiger charge is -2.63. The first kappa shape index (κ1) is 23.9. The molecule has 0 bridgehead atoms. The first-order valence-electron chi connectivity index (χ1n) is 12.2. The van der Waals surface area contributed by atoms with Crippen LogP contribution < -0.4 is 0 Å². The van der Waals surface area contributed by atoms with E-state index in [0.717, 1.165) is 12.5 Å². The van der Waals surface area contributed by atoms with Gasteiger partial charge in [0.15, 0.2) is 29.1 Å². The number of aliphatic hydroxyl groups is 1. The second kappa shape index (κ2) is 7.58. The molecule has 7 nitrogen and oxygen atoms in total. The third kappa shape index (κ3) is 2.66. The largest absolute Gasteiger partial charge is 0.390 e. The van der Waals surface area contributed by atoms with Gasteiger partial charge in [0.25, 0.3) is 0 Å². The van der Waals surface area contributed by atoms with Gasteiger partial charge in [0.2, 0.25) is 0 Å². The van der Waals surface area contributed by atoms with Gasteiger partial charge in [0.05, 0.1) is 12.2 Å². The first-order chi connectivity index (χ1) is 16.0. The number of ketones is 2. The number of Topliss-reactive ketones (excluding diaryl/α,β-unsaturated/α-hetero) is 1. The van der Waals surface area contributed by atoms with Crippen molar-refractivity contribution in [1.29, 1.82) is 5.53 Å². The number of allylic oxidation sites excluding steroid dienone is 4. The predicted octanol–water partition coefficient (Wildman–Crippen LogP) is 3.80. The standard InChI is InChI=1S/C25H32F2N2O5/c1-4-5-21-33-20-10-14-15-9-17(26)16-8-13(30)6-7-22(16,2)24(15,27)18(31)11-23(14,3)25(20,34-21)19(32)12-29-28/h6-8,14-15,17-18,20-21,28,31H,4-5,9-12H2,1-3H3/t14-,15-,17-,18-,20+,21?,22-,23-,24-,25+/m0/s1. The number of carbonyl (C=O) groups excluding carboxylic acids is 2. The fraction of sp³-hybridized carbons (Fsp3) is 0.760. The monoisotopic (exact) mass is 478 g/mol. The van der Waals surface area contributed by atoms with Crippen molar-refractivity contribution < 1.29 is 33.0 Å². The molecule has 10 atom stereocenters. The number of fused-ring (bicyclic) bond motifs is 7. The number of hydrogen-bond acceptors (Lipinski definition) is 7. The Morgan fingerprint density at radius 3 is 2.74 bits per heavy atom. The minimum absolute atomic E-state index is 0.0638. The molecule has 0 amide bonds. The maximum absolute atomic E-state index is 17.3. The van der Waals surface area contributed by atoms with E-state index in [0.29, 0.717) is 6.42 Å². The van der Waals surface area contributed by atoms with Crippen LogP contribution in [0.2, 0.25) is 0 Å². The van der Waals surface area contributed by atoms with Gasteiger partial charge in [-0.2, -0.15) is 5.11 Å². The van der Waals surface area contributed by atoms with E-state index in [4.69, 9.17) is 15.0 Å². The van der Waals surface area contributed by atoms with E-state index in [9.17, 15) is 14.7 Å². The number of carbonyl (C=O) groups is 2. The van der Waals surface area contributed by atoms with Gasteiger partial charge in [-0.15, -0.1) is 0 Å². The number of nitrogens with zero attached hydrogens (tertiary/aromatic N) is 1. The van der Waals surface area contributed by atoms with Crippen LogP contribution in [0, 0.1) is 28.2 Å². The van der Waals surface area contributed by atoms with Crippen molar-refractivity contribution >= 4 is 11.6 Å². The molecular weight excluding hydrogens is 446 g/mol. The van der Waals surface area contributed by atoms with Crippen molar-refractivity contribution in [2.45, 2.75) is 88.8 Å². The number of ether oxygens (including phenoxy) is 2. The summed E-state index contributed by atoms with van der Waals surface area (Å²) < 4.78 is 45.3. The average Bonchev–Trinajstić information content (AvgIpc) is 3.25. The molecule has 1 heterocycles. The molecular formula is C25H32F2N2O5. The molecule has 4 fully saturated rings. The second-order valence-corrected chi connectivity index (χ2v) is 11.0. The van der Waals surface area contributed by atoms with Gasteiger partial charge in [-0.25, -0.2) is 14.3 Å². The van der Waals surface area contributed by atoms with Crippen LogP contribution in [0.3, 0.4) is 0 Å². The summed E-state index contributed by atoms with van der Waals surface area (Å²) >= 11 is 0. The van der Waals surface area contributed by atoms with E-state index in [1.807, 2.05) is 6.92 Å². The highest BCUT2D eigenvalue weighted by atomic mass is 19.1. The lowest BCUT2D eigenvalue weighted by Crippen LogP contribution is -2.70. The molecule has 0 radical (unpaired) electrons. The van der Waals surface area contributed by atoms with Gasteiger partial charge < -0.3 is 14.6 Å². The molecule has 34 heavy (non-hydrogen) atoms. The zero-order valence-electron chi connectivity index (χ0n) is 19.7. The molecule has 1 unspecified atom stereocenters. The zero-order valence-corrected chi connectivity index (χ0v) is 19.7. The number of rotatable bonds is 5. The van der Waals surface area contributed by atoms with Crippen molar-refractivity contribution in [3.05, 3.63) is 23.8 Å². The Morgan fingerprint density at radius 2 is 2.06 bits per heavy atom. The lowest BCUT2D eigenvalue weighted by molar-refractivity contribution is -0.233. The highest BCUT2D eigenvalue weighted by molar-refractivity contribution is 6.01. The minimum Gasteiger partial charge on any atom is -0.390 e. The van der Waals surface area contributed by atoms with Gasteiger partial charge in [-0.05, 0) is 56.3 Å². The number of aliphatic hydroxyl groups excluding tert-OH is 1. The molecule has 0 aromatic heterocycles.